The van der Waals surface area contributed by atoms with Crippen molar-refractivity contribution in [3.63, 3.8) is 0 Å². The number of nitrogens with one attached hydrogen (secondary N) is 1. The molecular formula is C14H19N3O3S. The molecule has 0 aliphatic rings. The summed E-state index contributed by atoms with van der Waals surface area (Å²) >= 11 is 0. The minimum atomic E-state index is -3.63. The van der Waals surface area contributed by atoms with Gasteiger partial charge in [-0.25, -0.2) is 13.1 Å². The first kappa shape index (κ1) is 15.7. The van der Waals surface area contributed by atoms with E-state index in [0.717, 1.165) is 11.3 Å². The zero-order valence-electron chi connectivity index (χ0n) is 12.1. The van der Waals surface area contributed by atoms with Crippen LogP contribution >= 0.6 is 0 Å². The van der Waals surface area contributed by atoms with Crippen molar-refractivity contribution >= 4 is 10.0 Å². The minimum Gasteiger partial charge on any atom is -0.392 e. The molecule has 0 amide bonds. The normalized spacial score (nSPS) is 11.8. The number of aryl methyl sites for hydroxylation is 2. The summed E-state index contributed by atoms with van der Waals surface area (Å²) in [5.41, 5.74) is 2.08. The zero-order valence-corrected chi connectivity index (χ0v) is 12.9. The predicted octanol–water partition coefficient (Wildman–Crippen LogP) is 0.953. The lowest BCUT2D eigenvalue weighted by molar-refractivity contribution is 0.281. The Kier molecular flexibility index (Phi) is 4.76. The molecule has 0 unspecified atom stereocenters. The smallest absolute Gasteiger partial charge is 0.241 e. The third kappa shape index (κ3) is 3.49. The van der Waals surface area contributed by atoms with Crippen molar-refractivity contribution in [3.8, 4) is 0 Å². The second kappa shape index (κ2) is 6.38. The van der Waals surface area contributed by atoms with Gasteiger partial charge in [0.1, 0.15) is 0 Å². The highest BCUT2D eigenvalue weighted by molar-refractivity contribution is 7.89. The third-order valence-corrected chi connectivity index (χ3v) is 4.83. The number of benzene rings is 1. The highest BCUT2D eigenvalue weighted by Crippen LogP contribution is 2.19. The van der Waals surface area contributed by atoms with E-state index in [-0.39, 0.29) is 18.0 Å². The molecule has 1 aromatic carbocycles. The molecule has 1 heterocycles. The fourth-order valence-corrected chi connectivity index (χ4v) is 3.42. The molecule has 0 atom stereocenters. The van der Waals surface area contributed by atoms with E-state index in [2.05, 4.69) is 9.82 Å². The lowest BCUT2D eigenvalue weighted by Gasteiger charge is -2.12. The number of sulfonamides is 1. The van der Waals surface area contributed by atoms with Crippen LogP contribution in [-0.2, 0) is 36.6 Å². The molecule has 7 heteroatoms. The summed E-state index contributed by atoms with van der Waals surface area (Å²) in [6.07, 6.45) is 2.22. The molecule has 0 bridgehead atoms. The van der Waals surface area contributed by atoms with E-state index >= 15 is 0 Å². The Morgan fingerprint density at radius 1 is 1.33 bits per heavy atom. The minimum absolute atomic E-state index is 0.172. The summed E-state index contributed by atoms with van der Waals surface area (Å²) in [6, 6.07) is 6.75. The Hall–Kier alpha value is -1.70. The molecule has 2 rings (SSSR count). The van der Waals surface area contributed by atoms with E-state index in [0.29, 0.717) is 12.0 Å². The van der Waals surface area contributed by atoms with Gasteiger partial charge in [0.05, 0.1) is 23.7 Å². The van der Waals surface area contributed by atoms with Crippen molar-refractivity contribution in [2.45, 2.75) is 31.4 Å². The van der Waals surface area contributed by atoms with Gasteiger partial charge in [-0.3, -0.25) is 4.68 Å². The van der Waals surface area contributed by atoms with E-state index in [4.69, 9.17) is 0 Å². The average molecular weight is 309 g/mol. The molecule has 0 spiro atoms. The van der Waals surface area contributed by atoms with Crippen molar-refractivity contribution in [3.05, 3.63) is 47.3 Å². The van der Waals surface area contributed by atoms with E-state index < -0.39 is 10.0 Å². The highest BCUT2D eigenvalue weighted by atomic mass is 32.2. The predicted molar refractivity (Wildman–Crippen MR) is 79.0 cm³/mol. The fourth-order valence-electron chi connectivity index (χ4n) is 2.06. The van der Waals surface area contributed by atoms with Gasteiger partial charge in [-0.1, -0.05) is 19.1 Å². The maximum absolute atomic E-state index is 12.5. The van der Waals surface area contributed by atoms with Gasteiger partial charge in [-0.15, -0.1) is 0 Å². The lowest BCUT2D eigenvalue weighted by atomic mass is 10.1. The summed E-state index contributed by atoms with van der Waals surface area (Å²) in [7, 11) is -1.87. The van der Waals surface area contributed by atoms with E-state index in [1.807, 2.05) is 6.92 Å². The molecule has 1 aromatic heterocycles. The second-order valence-electron chi connectivity index (χ2n) is 4.72. The molecule has 6 nitrogen and oxygen atoms in total. The molecule has 0 aliphatic heterocycles. The number of rotatable bonds is 6. The molecule has 2 aromatic rings. The number of aromatic nitrogens is 2. The van der Waals surface area contributed by atoms with Crippen molar-refractivity contribution in [1.82, 2.24) is 14.5 Å². The Morgan fingerprint density at radius 2 is 2.10 bits per heavy atom. The second-order valence-corrected chi connectivity index (χ2v) is 6.46. The quantitative estimate of drug-likeness (QED) is 0.832. The van der Waals surface area contributed by atoms with Gasteiger partial charge in [0.2, 0.25) is 10.0 Å². The van der Waals surface area contributed by atoms with Gasteiger partial charge in [0.25, 0.3) is 0 Å². The first-order chi connectivity index (χ1) is 9.97. The monoisotopic (exact) mass is 309 g/mol. The van der Waals surface area contributed by atoms with Gasteiger partial charge in [0.15, 0.2) is 0 Å². The van der Waals surface area contributed by atoms with Crippen LogP contribution in [-0.4, -0.2) is 23.3 Å². The van der Waals surface area contributed by atoms with E-state index in [1.165, 1.54) is 6.07 Å². The van der Waals surface area contributed by atoms with E-state index in [1.54, 1.807) is 36.1 Å². The van der Waals surface area contributed by atoms with E-state index in [9.17, 15) is 13.5 Å². The molecule has 0 aliphatic carbocycles. The van der Waals surface area contributed by atoms with Crippen LogP contribution in [0.4, 0.5) is 0 Å². The van der Waals surface area contributed by atoms with Gasteiger partial charge in [-0.2, -0.15) is 5.10 Å². The molecule has 0 saturated carbocycles. The largest absolute Gasteiger partial charge is 0.392 e. The van der Waals surface area contributed by atoms with Crippen LogP contribution in [0.1, 0.15) is 23.7 Å². The first-order valence-corrected chi connectivity index (χ1v) is 8.15. The number of hydrogen-bond donors (Lipinski definition) is 2. The molecule has 114 valence electrons. The van der Waals surface area contributed by atoms with Crippen molar-refractivity contribution in [1.29, 1.82) is 0 Å². The maximum Gasteiger partial charge on any atom is 0.241 e. The van der Waals surface area contributed by atoms with Crippen LogP contribution in [0.3, 0.4) is 0 Å². The molecule has 21 heavy (non-hydrogen) atoms. The topological polar surface area (TPSA) is 84.2 Å². The van der Waals surface area contributed by atoms with Crippen molar-refractivity contribution < 1.29 is 13.5 Å². The Labute approximate surface area is 124 Å². The fraction of sp³-hybridized carbons (Fsp3) is 0.357. The molecule has 2 N–H and O–H groups in total. The van der Waals surface area contributed by atoms with Gasteiger partial charge >= 0.3 is 0 Å². The SMILES string of the molecule is CCc1ccc(CO)cc1S(=O)(=O)NCc1ccnn1C. The first-order valence-electron chi connectivity index (χ1n) is 6.67. The van der Waals surface area contributed by atoms with Crippen molar-refractivity contribution in [2.75, 3.05) is 0 Å². The molecule has 0 radical (unpaired) electrons. The Morgan fingerprint density at radius 3 is 2.67 bits per heavy atom. The number of nitrogens with zero attached hydrogens (tertiary/aromatic N) is 2. The molecule has 0 fully saturated rings. The maximum atomic E-state index is 12.5. The van der Waals surface area contributed by atoms with Crippen LogP contribution in [0, 0.1) is 0 Å². The standard InChI is InChI=1S/C14H19N3O3S/c1-3-12-5-4-11(10-18)8-14(12)21(19,20)16-9-13-6-7-15-17(13)2/h4-8,16,18H,3,9-10H2,1-2H3. The van der Waals surface area contributed by atoms with Crippen molar-refractivity contribution in [2.24, 2.45) is 7.05 Å². The van der Waals surface area contributed by atoms with Crippen LogP contribution in [0.15, 0.2) is 35.4 Å². The van der Waals surface area contributed by atoms with Crippen LogP contribution in [0.25, 0.3) is 0 Å². The summed E-state index contributed by atoms with van der Waals surface area (Å²) in [5, 5.41) is 13.2. The summed E-state index contributed by atoms with van der Waals surface area (Å²) in [5.74, 6) is 0. The molecular weight excluding hydrogens is 290 g/mol. The number of aliphatic hydroxyl groups excluding tert-OH is 1. The third-order valence-electron chi connectivity index (χ3n) is 3.35. The number of hydrogen-bond acceptors (Lipinski definition) is 4. The van der Waals surface area contributed by atoms with Gasteiger partial charge < -0.3 is 5.11 Å². The Balaban J connectivity index is 2.28. The van der Waals surface area contributed by atoms with Gasteiger partial charge in [-0.05, 0) is 29.7 Å². The average Bonchev–Trinajstić information content (AvgIpc) is 2.90. The summed E-state index contributed by atoms with van der Waals surface area (Å²) in [4.78, 5) is 0.221. The Bertz CT molecular complexity index is 723. The molecule has 0 saturated heterocycles. The van der Waals surface area contributed by atoms with Crippen LogP contribution in [0.2, 0.25) is 0 Å². The highest BCUT2D eigenvalue weighted by Gasteiger charge is 2.18. The lowest BCUT2D eigenvalue weighted by Crippen LogP contribution is -2.25. The summed E-state index contributed by atoms with van der Waals surface area (Å²) < 4.78 is 29.1. The van der Waals surface area contributed by atoms with Crippen LogP contribution in [0.5, 0.6) is 0 Å². The van der Waals surface area contributed by atoms with Gasteiger partial charge in [0, 0.05) is 13.2 Å². The number of aliphatic hydroxyl groups is 1. The summed E-state index contributed by atoms with van der Waals surface area (Å²) in [6.45, 7) is 1.88. The zero-order chi connectivity index (χ0) is 15.5. The van der Waals surface area contributed by atoms with Crippen LogP contribution < -0.4 is 4.72 Å².